The van der Waals surface area contributed by atoms with Crippen LogP contribution in [0, 0.1) is 20.8 Å². The average molecular weight is 328 g/mol. The van der Waals surface area contributed by atoms with E-state index in [0.29, 0.717) is 12.1 Å². The van der Waals surface area contributed by atoms with Crippen molar-refractivity contribution < 1.29 is 4.79 Å². The third-order valence-corrected chi connectivity index (χ3v) is 4.33. The van der Waals surface area contributed by atoms with Crippen LogP contribution in [0.5, 0.6) is 0 Å². The van der Waals surface area contributed by atoms with Gasteiger partial charge in [0.25, 0.3) is 5.91 Å². The van der Waals surface area contributed by atoms with Crippen molar-refractivity contribution in [1.82, 2.24) is 15.3 Å². The lowest BCUT2D eigenvalue weighted by atomic mass is 10.3. The SMILES string of the molecule is Cc1nc(CNC(=O)c2cc(C)sc2Br)c(C)[nH]1. The van der Waals surface area contributed by atoms with Gasteiger partial charge in [0.05, 0.1) is 21.6 Å². The summed E-state index contributed by atoms with van der Waals surface area (Å²) in [5, 5.41) is 2.88. The van der Waals surface area contributed by atoms with Crippen molar-refractivity contribution in [1.29, 1.82) is 0 Å². The number of hydrogen-bond acceptors (Lipinski definition) is 3. The van der Waals surface area contributed by atoms with Crippen molar-refractivity contribution in [2.24, 2.45) is 0 Å². The van der Waals surface area contributed by atoms with E-state index in [2.05, 4.69) is 31.2 Å². The van der Waals surface area contributed by atoms with Crippen LogP contribution in [0.2, 0.25) is 0 Å². The van der Waals surface area contributed by atoms with Crippen LogP contribution in [0.4, 0.5) is 0 Å². The summed E-state index contributed by atoms with van der Waals surface area (Å²) >= 11 is 4.96. The van der Waals surface area contributed by atoms with Gasteiger partial charge in [-0.15, -0.1) is 11.3 Å². The van der Waals surface area contributed by atoms with Crippen LogP contribution in [0.15, 0.2) is 9.85 Å². The zero-order valence-electron chi connectivity index (χ0n) is 10.4. The van der Waals surface area contributed by atoms with Crippen LogP contribution in [0.1, 0.15) is 32.4 Å². The van der Waals surface area contributed by atoms with Crippen LogP contribution in [-0.2, 0) is 6.54 Å². The molecular weight excluding hydrogens is 314 g/mol. The first-order chi connectivity index (χ1) is 8.47. The first-order valence-corrected chi connectivity index (χ1v) is 7.14. The van der Waals surface area contributed by atoms with Gasteiger partial charge in [0.2, 0.25) is 0 Å². The topological polar surface area (TPSA) is 57.8 Å². The van der Waals surface area contributed by atoms with Gasteiger partial charge in [0.15, 0.2) is 0 Å². The highest BCUT2D eigenvalue weighted by Gasteiger charge is 2.13. The minimum atomic E-state index is -0.0775. The number of amides is 1. The summed E-state index contributed by atoms with van der Waals surface area (Å²) in [5.41, 5.74) is 2.56. The Bertz CT molecular complexity index is 588. The molecule has 6 heteroatoms. The lowest BCUT2D eigenvalue weighted by Gasteiger charge is -2.02. The lowest BCUT2D eigenvalue weighted by Crippen LogP contribution is -2.23. The van der Waals surface area contributed by atoms with Gasteiger partial charge in [0.1, 0.15) is 5.82 Å². The number of aryl methyl sites for hydroxylation is 3. The third-order valence-electron chi connectivity index (χ3n) is 2.57. The molecule has 18 heavy (non-hydrogen) atoms. The van der Waals surface area contributed by atoms with Crippen LogP contribution in [-0.4, -0.2) is 15.9 Å². The Labute approximate surface area is 118 Å². The van der Waals surface area contributed by atoms with E-state index < -0.39 is 0 Å². The molecule has 0 spiro atoms. The number of rotatable bonds is 3. The maximum Gasteiger partial charge on any atom is 0.253 e. The molecule has 2 heterocycles. The molecule has 96 valence electrons. The molecule has 1 amide bonds. The molecule has 0 aliphatic carbocycles. The van der Waals surface area contributed by atoms with Gasteiger partial charge in [-0.1, -0.05) is 0 Å². The summed E-state index contributed by atoms with van der Waals surface area (Å²) in [4.78, 5) is 20.5. The molecule has 0 fully saturated rings. The van der Waals surface area contributed by atoms with Crippen LogP contribution >= 0.6 is 27.3 Å². The normalized spacial score (nSPS) is 10.7. The van der Waals surface area contributed by atoms with E-state index >= 15 is 0 Å². The summed E-state index contributed by atoms with van der Waals surface area (Å²) in [6.07, 6.45) is 0. The summed E-state index contributed by atoms with van der Waals surface area (Å²) < 4.78 is 0.868. The second-order valence-corrected chi connectivity index (χ2v) is 6.70. The molecule has 0 bridgehead atoms. The van der Waals surface area contributed by atoms with E-state index in [1.165, 1.54) is 0 Å². The molecule has 0 saturated carbocycles. The lowest BCUT2D eigenvalue weighted by molar-refractivity contribution is 0.0950. The fraction of sp³-hybridized carbons (Fsp3) is 0.333. The fourth-order valence-corrected chi connectivity index (χ4v) is 3.51. The third kappa shape index (κ3) is 2.81. The van der Waals surface area contributed by atoms with Crippen LogP contribution in [0.3, 0.4) is 0 Å². The van der Waals surface area contributed by atoms with E-state index in [1.807, 2.05) is 26.8 Å². The number of hydrogen-bond donors (Lipinski definition) is 2. The Morgan fingerprint density at radius 3 is 2.72 bits per heavy atom. The number of aromatic amines is 1. The van der Waals surface area contributed by atoms with Gasteiger partial charge in [-0.25, -0.2) is 4.98 Å². The Hall–Kier alpha value is -1.14. The summed E-state index contributed by atoms with van der Waals surface area (Å²) in [7, 11) is 0. The van der Waals surface area contributed by atoms with E-state index in [0.717, 1.165) is 25.9 Å². The highest BCUT2D eigenvalue weighted by Crippen LogP contribution is 2.27. The molecule has 2 rings (SSSR count). The molecule has 0 radical (unpaired) electrons. The summed E-state index contributed by atoms with van der Waals surface area (Å²) in [6, 6.07) is 1.88. The molecule has 0 atom stereocenters. The van der Waals surface area contributed by atoms with Gasteiger partial charge in [-0.2, -0.15) is 0 Å². The highest BCUT2D eigenvalue weighted by molar-refractivity contribution is 9.11. The van der Waals surface area contributed by atoms with Gasteiger partial charge in [-0.3, -0.25) is 4.79 Å². The summed E-state index contributed by atoms with van der Waals surface area (Å²) in [5.74, 6) is 0.788. The molecular formula is C12H14BrN3OS. The Morgan fingerprint density at radius 1 is 1.50 bits per heavy atom. The quantitative estimate of drug-likeness (QED) is 0.910. The maximum atomic E-state index is 12.0. The molecule has 2 aromatic heterocycles. The number of imidazole rings is 1. The molecule has 0 unspecified atom stereocenters. The molecule has 0 aliphatic heterocycles. The zero-order valence-corrected chi connectivity index (χ0v) is 12.8. The Kier molecular flexibility index (Phi) is 3.87. The van der Waals surface area contributed by atoms with Gasteiger partial charge >= 0.3 is 0 Å². The Morgan fingerprint density at radius 2 is 2.22 bits per heavy atom. The van der Waals surface area contributed by atoms with E-state index in [9.17, 15) is 4.79 Å². The van der Waals surface area contributed by atoms with Crippen LogP contribution < -0.4 is 5.32 Å². The number of H-pyrrole nitrogens is 1. The number of aromatic nitrogens is 2. The predicted octanol–water partition coefficient (Wildman–Crippen LogP) is 3.09. The average Bonchev–Trinajstić information content (AvgIpc) is 2.78. The standard InChI is InChI=1S/C12H14BrN3OS/c1-6-4-9(11(13)18-6)12(17)14-5-10-7(2)15-8(3)16-10/h4H,5H2,1-3H3,(H,14,17)(H,15,16). The van der Waals surface area contributed by atoms with Crippen LogP contribution in [0.25, 0.3) is 0 Å². The fourth-order valence-electron chi connectivity index (χ4n) is 1.73. The second-order valence-electron chi connectivity index (χ2n) is 4.12. The molecule has 2 aromatic rings. The van der Waals surface area contributed by atoms with Gasteiger partial charge in [0, 0.05) is 10.6 Å². The van der Waals surface area contributed by atoms with Gasteiger partial charge in [-0.05, 0) is 42.8 Å². The van der Waals surface area contributed by atoms with Crippen molar-refractivity contribution in [3.63, 3.8) is 0 Å². The van der Waals surface area contributed by atoms with Crippen molar-refractivity contribution >= 4 is 33.2 Å². The number of carbonyl (C=O) groups excluding carboxylic acids is 1. The molecule has 2 N–H and O–H groups in total. The number of thiophene rings is 1. The number of nitrogens with zero attached hydrogens (tertiary/aromatic N) is 1. The van der Waals surface area contributed by atoms with Crippen molar-refractivity contribution in [3.8, 4) is 0 Å². The minimum absolute atomic E-state index is 0.0775. The molecule has 0 aliphatic rings. The molecule has 0 saturated heterocycles. The van der Waals surface area contributed by atoms with Crippen molar-refractivity contribution in [3.05, 3.63) is 37.5 Å². The predicted molar refractivity (Wildman–Crippen MR) is 76.0 cm³/mol. The highest BCUT2D eigenvalue weighted by atomic mass is 79.9. The number of halogens is 1. The van der Waals surface area contributed by atoms with Crippen molar-refractivity contribution in [2.45, 2.75) is 27.3 Å². The van der Waals surface area contributed by atoms with E-state index in [-0.39, 0.29) is 5.91 Å². The van der Waals surface area contributed by atoms with Gasteiger partial charge < -0.3 is 10.3 Å². The minimum Gasteiger partial charge on any atom is -0.346 e. The second kappa shape index (κ2) is 5.24. The maximum absolute atomic E-state index is 12.0. The Balaban J connectivity index is 2.05. The molecule has 0 aromatic carbocycles. The first kappa shape index (κ1) is 13.3. The number of nitrogens with one attached hydrogen (secondary N) is 2. The number of carbonyl (C=O) groups is 1. The van der Waals surface area contributed by atoms with Crippen molar-refractivity contribution in [2.75, 3.05) is 0 Å². The molecule has 4 nitrogen and oxygen atoms in total. The summed E-state index contributed by atoms with van der Waals surface area (Å²) in [6.45, 7) is 6.27. The first-order valence-electron chi connectivity index (χ1n) is 5.53. The largest absolute Gasteiger partial charge is 0.346 e. The van der Waals surface area contributed by atoms with E-state index in [1.54, 1.807) is 11.3 Å². The van der Waals surface area contributed by atoms with E-state index in [4.69, 9.17) is 0 Å². The zero-order chi connectivity index (χ0) is 13.3. The monoisotopic (exact) mass is 327 g/mol. The smallest absolute Gasteiger partial charge is 0.253 e.